The minimum Gasteiger partial charge on any atom is -0.496 e. The van der Waals surface area contributed by atoms with E-state index in [2.05, 4.69) is 13.0 Å². The molecule has 0 atom stereocenters. The number of hydrogen-bond donors (Lipinski definition) is 0. The van der Waals surface area contributed by atoms with Gasteiger partial charge in [-0.05, 0) is 57.7 Å². The molecular formula is C34H47N3O6. The van der Waals surface area contributed by atoms with E-state index in [4.69, 9.17) is 18.9 Å². The van der Waals surface area contributed by atoms with Gasteiger partial charge in [0.1, 0.15) is 11.4 Å². The second kappa shape index (κ2) is 14.5. The molecule has 0 aliphatic carbocycles. The van der Waals surface area contributed by atoms with Gasteiger partial charge in [-0.15, -0.1) is 0 Å². The number of methoxy groups -OCH3 is 2. The molecule has 0 spiro atoms. The molecule has 0 unspecified atom stereocenters. The van der Waals surface area contributed by atoms with Crippen molar-refractivity contribution < 1.29 is 28.5 Å². The third-order valence-corrected chi connectivity index (χ3v) is 7.64. The van der Waals surface area contributed by atoms with Gasteiger partial charge in [0.15, 0.2) is 11.5 Å². The molecule has 2 aromatic rings. The van der Waals surface area contributed by atoms with E-state index in [1.165, 1.54) is 0 Å². The summed E-state index contributed by atoms with van der Waals surface area (Å²) < 4.78 is 23.0. The Kier molecular flexibility index (Phi) is 10.8. The molecular weight excluding hydrogens is 546 g/mol. The number of carbonyl (C=O) groups is 2. The number of unbranched alkanes of at least 4 members (excludes halogenated alkanes) is 2. The highest BCUT2D eigenvalue weighted by Gasteiger charge is 2.29. The smallest absolute Gasteiger partial charge is 0.410 e. The Balaban J connectivity index is 1.48. The van der Waals surface area contributed by atoms with Gasteiger partial charge >= 0.3 is 12.1 Å². The van der Waals surface area contributed by atoms with Crippen molar-refractivity contribution in [2.75, 3.05) is 51.9 Å². The van der Waals surface area contributed by atoms with Gasteiger partial charge in [-0.3, -0.25) is 4.90 Å². The van der Waals surface area contributed by atoms with Crippen molar-refractivity contribution in [2.45, 2.75) is 71.9 Å². The monoisotopic (exact) mass is 593 g/mol. The van der Waals surface area contributed by atoms with E-state index in [-0.39, 0.29) is 12.1 Å². The Bertz CT molecular complexity index is 1300. The minimum atomic E-state index is -0.530. The highest BCUT2D eigenvalue weighted by molar-refractivity contribution is 5.93. The molecule has 2 aliphatic heterocycles. The Morgan fingerprint density at radius 1 is 0.977 bits per heavy atom. The lowest BCUT2D eigenvalue weighted by Crippen LogP contribution is -2.49. The second-order valence-corrected chi connectivity index (χ2v) is 12.0. The lowest BCUT2D eigenvalue weighted by Gasteiger charge is -2.36. The van der Waals surface area contributed by atoms with E-state index in [0.717, 1.165) is 53.8 Å². The van der Waals surface area contributed by atoms with Crippen molar-refractivity contribution in [3.63, 3.8) is 0 Å². The first kappa shape index (κ1) is 32.0. The fourth-order valence-corrected chi connectivity index (χ4v) is 5.46. The highest BCUT2D eigenvalue weighted by atomic mass is 16.6. The Labute approximate surface area is 256 Å². The largest absolute Gasteiger partial charge is 0.496 e. The average Bonchev–Trinajstić information content (AvgIpc) is 2.99. The maximum Gasteiger partial charge on any atom is 0.410 e. The third kappa shape index (κ3) is 8.15. The van der Waals surface area contributed by atoms with Crippen LogP contribution in [0.2, 0.25) is 0 Å². The van der Waals surface area contributed by atoms with Gasteiger partial charge in [0.05, 0.1) is 27.4 Å². The van der Waals surface area contributed by atoms with Gasteiger partial charge in [-0.1, -0.05) is 44.0 Å². The number of rotatable bonds is 11. The van der Waals surface area contributed by atoms with Crippen LogP contribution in [0.4, 0.5) is 15.3 Å². The SMILES string of the molecule is CCCCCOc1cc(N2CCCN(Cc3cccc(C4=CCN(C(=O)OC(C)(C)C)CC4)c3OC)C2=O)ccc1OC. The van der Waals surface area contributed by atoms with Crippen LogP contribution in [-0.4, -0.2) is 74.5 Å². The molecule has 43 heavy (non-hydrogen) atoms. The van der Waals surface area contributed by atoms with E-state index in [1.54, 1.807) is 19.1 Å². The predicted molar refractivity (Wildman–Crippen MR) is 169 cm³/mol. The fourth-order valence-electron chi connectivity index (χ4n) is 5.46. The zero-order valence-corrected chi connectivity index (χ0v) is 26.6. The number of hydrogen-bond acceptors (Lipinski definition) is 6. The van der Waals surface area contributed by atoms with Gasteiger partial charge in [-0.2, -0.15) is 0 Å². The van der Waals surface area contributed by atoms with Crippen molar-refractivity contribution in [1.82, 2.24) is 9.80 Å². The predicted octanol–water partition coefficient (Wildman–Crippen LogP) is 7.13. The second-order valence-electron chi connectivity index (χ2n) is 12.0. The van der Waals surface area contributed by atoms with Crippen molar-refractivity contribution in [3.8, 4) is 17.2 Å². The molecule has 2 aromatic carbocycles. The van der Waals surface area contributed by atoms with Crippen LogP contribution in [0, 0.1) is 0 Å². The third-order valence-electron chi connectivity index (χ3n) is 7.64. The molecule has 1 fully saturated rings. The normalized spacial score (nSPS) is 15.7. The summed E-state index contributed by atoms with van der Waals surface area (Å²) in [5, 5.41) is 0. The Morgan fingerprint density at radius 3 is 2.47 bits per heavy atom. The summed E-state index contributed by atoms with van der Waals surface area (Å²) in [6.07, 6.45) is 6.50. The average molecular weight is 594 g/mol. The topological polar surface area (TPSA) is 80.8 Å². The quantitative estimate of drug-likeness (QED) is 0.258. The van der Waals surface area contributed by atoms with Crippen LogP contribution in [0.3, 0.4) is 0 Å². The lowest BCUT2D eigenvalue weighted by atomic mass is 9.96. The zero-order chi connectivity index (χ0) is 31.0. The summed E-state index contributed by atoms with van der Waals surface area (Å²) in [5.74, 6) is 2.08. The number of nitrogens with zero attached hydrogens (tertiary/aromatic N) is 3. The van der Waals surface area contributed by atoms with Crippen LogP contribution in [-0.2, 0) is 11.3 Å². The van der Waals surface area contributed by atoms with E-state index in [9.17, 15) is 9.59 Å². The molecule has 2 aliphatic rings. The molecule has 4 rings (SSSR count). The van der Waals surface area contributed by atoms with E-state index >= 15 is 0 Å². The summed E-state index contributed by atoms with van der Waals surface area (Å²) in [7, 11) is 3.30. The van der Waals surface area contributed by atoms with Crippen LogP contribution in [0.15, 0.2) is 42.5 Å². The summed E-state index contributed by atoms with van der Waals surface area (Å²) in [6, 6.07) is 11.7. The van der Waals surface area contributed by atoms with E-state index in [1.807, 2.05) is 67.0 Å². The molecule has 2 heterocycles. The molecule has 0 radical (unpaired) electrons. The van der Waals surface area contributed by atoms with Crippen molar-refractivity contribution in [2.24, 2.45) is 0 Å². The summed E-state index contributed by atoms with van der Waals surface area (Å²) in [6.45, 7) is 11.2. The van der Waals surface area contributed by atoms with Gasteiger partial charge in [0.2, 0.25) is 0 Å². The number of para-hydroxylation sites is 1. The van der Waals surface area contributed by atoms with E-state index in [0.29, 0.717) is 57.3 Å². The molecule has 0 N–H and O–H groups in total. The van der Waals surface area contributed by atoms with E-state index < -0.39 is 5.60 Å². The summed E-state index contributed by atoms with van der Waals surface area (Å²) in [4.78, 5) is 31.7. The standard InChI is InChI=1S/C34H47N3O6/c1-7-8-9-22-42-30-23-27(14-15-29(30)40-5)37-19-11-18-36(32(37)38)24-26-12-10-13-28(31(26)41-6)25-16-20-35(21-17-25)33(39)43-34(2,3)4/h10,12-16,23H,7-9,11,17-22,24H2,1-6H3. The number of benzene rings is 2. The number of anilines is 1. The van der Waals surface area contributed by atoms with Gasteiger partial charge in [0, 0.05) is 49.1 Å². The maximum absolute atomic E-state index is 13.8. The lowest BCUT2D eigenvalue weighted by molar-refractivity contribution is 0.0270. The molecule has 0 aromatic heterocycles. The van der Waals surface area contributed by atoms with Crippen LogP contribution in [0.5, 0.6) is 17.2 Å². The first-order chi connectivity index (χ1) is 20.6. The first-order valence-corrected chi connectivity index (χ1v) is 15.4. The van der Waals surface area contributed by atoms with Crippen LogP contribution in [0.1, 0.15) is 70.9 Å². The molecule has 9 nitrogen and oxygen atoms in total. The summed E-state index contributed by atoms with van der Waals surface area (Å²) >= 11 is 0. The first-order valence-electron chi connectivity index (χ1n) is 15.4. The van der Waals surface area contributed by atoms with Crippen LogP contribution >= 0.6 is 0 Å². The summed E-state index contributed by atoms with van der Waals surface area (Å²) in [5.41, 5.74) is 3.32. The van der Waals surface area contributed by atoms with Gasteiger partial charge in [-0.25, -0.2) is 9.59 Å². The van der Waals surface area contributed by atoms with Crippen molar-refractivity contribution >= 4 is 23.4 Å². The van der Waals surface area contributed by atoms with Gasteiger partial charge < -0.3 is 28.7 Å². The molecule has 3 amide bonds. The zero-order valence-electron chi connectivity index (χ0n) is 26.6. The fraction of sp³-hybridized carbons (Fsp3) is 0.529. The van der Waals surface area contributed by atoms with Crippen LogP contribution < -0.4 is 19.1 Å². The number of urea groups is 1. The Morgan fingerprint density at radius 2 is 1.79 bits per heavy atom. The number of ether oxygens (including phenoxy) is 4. The highest BCUT2D eigenvalue weighted by Crippen LogP contribution is 2.36. The minimum absolute atomic E-state index is 0.0503. The molecule has 9 heteroatoms. The van der Waals surface area contributed by atoms with Crippen molar-refractivity contribution in [1.29, 1.82) is 0 Å². The maximum atomic E-state index is 13.8. The molecule has 0 saturated carbocycles. The Hall–Kier alpha value is -3.88. The number of carbonyl (C=O) groups excluding carboxylic acids is 2. The molecule has 0 bridgehead atoms. The number of amides is 3. The van der Waals surface area contributed by atoms with Crippen molar-refractivity contribution in [3.05, 3.63) is 53.6 Å². The molecule has 234 valence electrons. The van der Waals surface area contributed by atoms with Gasteiger partial charge in [0.25, 0.3) is 0 Å². The molecule has 1 saturated heterocycles. The van der Waals surface area contributed by atoms with Crippen LogP contribution in [0.25, 0.3) is 5.57 Å².